The van der Waals surface area contributed by atoms with E-state index in [-0.39, 0.29) is 29.1 Å². The first-order chi connectivity index (χ1) is 13.1. The summed E-state index contributed by atoms with van der Waals surface area (Å²) >= 11 is 0. The average molecular weight is 407 g/mol. The molecule has 152 valence electrons. The number of rotatable bonds is 8. The average Bonchev–Trinajstić information content (AvgIpc) is 2.63. The minimum Gasteiger partial charge on any atom is -0.322 e. The van der Waals surface area contributed by atoms with Crippen LogP contribution in [0.4, 0.5) is 10.1 Å². The van der Waals surface area contributed by atoms with E-state index < -0.39 is 21.6 Å². The SMILES string of the molecule is CCc1ccc([C@@H](NCC(=O)Nc2cc(S(C)(=O)=O)ccc2F)C(C)C)cc1. The fourth-order valence-electron chi connectivity index (χ4n) is 2.93. The second-order valence-electron chi connectivity index (χ2n) is 7.16. The molecule has 0 radical (unpaired) electrons. The first-order valence-corrected chi connectivity index (χ1v) is 11.1. The Morgan fingerprint density at radius 2 is 1.75 bits per heavy atom. The summed E-state index contributed by atoms with van der Waals surface area (Å²) in [7, 11) is -3.49. The van der Waals surface area contributed by atoms with Crippen molar-refractivity contribution in [1.82, 2.24) is 5.32 Å². The Hall–Kier alpha value is -2.25. The van der Waals surface area contributed by atoms with Crippen LogP contribution in [0.2, 0.25) is 0 Å². The van der Waals surface area contributed by atoms with Gasteiger partial charge in [-0.25, -0.2) is 12.8 Å². The number of aryl methyl sites for hydroxylation is 1. The van der Waals surface area contributed by atoms with E-state index in [1.165, 1.54) is 11.6 Å². The molecular formula is C21H27FN2O3S. The lowest BCUT2D eigenvalue weighted by Gasteiger charge is -2.23. The Morgan fingerprint density at radius 1 is 1.11 bits per heavy atom. The van der Waals surface area contributed by atoms with E-state index in [2.05, 4.69) is 43.5 Å². The Morgan fingerprint density at radius 3 is 2.29 bits per heavy atom. The van der Waals surface area contributed by atoms with Gasteiger partial charge in [0.1, 0.15) is 5.82 Å². The number of benzene rings is 2. The van der Waals surface area contributed by atoms with Gasteiger partial charge in [0.05, 0.1) is 17.1 Å². The van der Waals surface area contributed by atoms with Crippen LogP contribution < -0.4 is 10.6 Å². The van der Waals surface area contributed by atoms with Crippen LogP contribution in [0.25, 0.3) is 0 Å². The Bertz CT molecular complexity index is 925. The van der Waals surface area contributed by atoms with Gasteiger partial charge in [0.2, 0.25) is 5.91 Å². The fraction of sp³-hybridized carbons (Fsp3) is 0.381. The molecule has 0 aliphatic heterocycles. The van der Waals surface area contributed by atoms with Crippen LogP contribution in [-0.2, 0) is 21.1 Å². The highest BCUT2D eigenvalue weighted by Crippen LogP contribution is 2.23. The first kappa shape index (κ1) is 22.0. The van der Waals surface area contributed by atoms with Crippen LogP contribution in [0.5, 0.6) is 0 Å². The maximum absolute atomic E-state index is 14.0. The number of halogens is 1. The molecule has 2 aromatic carbocycles. The lowest BCUT2D eigenvalue weighted by atomic mass is 9.95. The maximum Gasteiger partial charge on any atom is 0.238 e. The number of sulfone groups is 1. The third-order valence-corrected chi connectivity index (χ3v) is 5.65. The third-order valence-electron chi connectivity index (χ3n) is 4.54. The molecule has 0 saturated heterocycles. The van der Waals surface area contributed by atoms with Crippen molar-refractivity contribution >= 4 is 21.4 Å². The summed E-state index contributed by atoms with van der Waals surface area (Å²) in [6.45, 7) is 6.17. The molecular weight excluding hydrogens is 379 g/mol. The normalized spacial score (nSPS) is 12.8. The van der Waals surface area contributed by atoms with Gasteiger partial charge in [-0.1, -0.05) is 45.0 Å². The van der Waals surface area contributed by atoms with E-state index in [1.54, 1.807) is 0 Å². The first-order valence-electron chi connectivity index (χ1n) is 9.23. The molecule has 0 heterocycles. The molecule has 1 amide bonds. The largest absolute Gasteiger partial charge is 0.322 e. The monoisotopic (exact) mass is 406 g/mol. The van der Waals surface area contributed by atoms with Crippen molar-refractivity contribution in [1.29, 1.82) is 0 Å². The van der Waals surface area contributed by atoms with Gasteiger partial charge >= 0.3 is 0 Å². The summed E-state index contributed by atoms with van der Waals surface area (Å²) in [6.07, 6.45) is 1.99. The summed E-state index contributed by atoms with van der Waals surface area (Å²) in [5.41, 5.74) is 2.17. The fourth-order valence-corrected chi connectivity index (χ4v) is 3.57. The quantitative estimate of drug-likeness (QED) is 0.655. The number of anilines is 1. The van der Waals surface area contributed by atoms with Gasteiger partial charge in [-0.05, 0) is 41.7 Å². The molecule has 5 nitrogen and oxygen atoms in total. The van der Waals surface area contributed by atoms with Gasteiger partial charge in [0.25, 0.3) is 0 Å². The summed E-state index contributed by atoms with van der Waals surface area (Å²) in [5.74, 6) is -0.887. The summed E-state index contributed by atoms with van der Waals surface area (Å²) in [6, 6.07) is 11.5. The number of amides is 1. The van der Waals surface area contributed by atoms with Crippen LogP contribution >= 0.6 is 0 Å². The van der Waals surface area contributed by atoms with Crippen LogP contribution in [0.1, 0.15) is 37.9 Å². The second kappa shape index (κ2) is 9.30. The third kappa shape index (κ3) is 5.87. The molecule has 7 heteroatoms. The van der Waals surface area contributed by atoms with Crippen molar-refractivity contribution in [2.24, 2.45) is 5.92 Å². The van der Waals surface area contributed by atoms with E-state index in [1.807, 2.05) is 12.1 Å². The standard InChI is InChI=1S/C21H27FN2O3S/c1-5-15-6-8-16(9-7-15)21(14(2)3)23-13-20(25)24-19-12-17(28(4,26)27)10-11-18(19)22/h6-12,14,21,23H,5,13H2,1-4H3,(H,24,25)/t21-/m0/s1. The van der Waals surface area contributed by atoms with Gasteiger partial charge < -0.3 is 10.6 Å². The van der Waals surface area contributed by atoms with Crippen molar-refractivity contribution in [3.63, 3.8) is 0 Å². The molecule has 1 atom stereocenters. The van der Waals surface area contributed by atoms with Gasteiger partial charge in [-0.3, -0.25) is 4.79 Å². The zero-order valence-electron chi connectivity index (χ0n) is 16.6. The predicted octanol–water partition coefficient (Wildman–Crippen LogP) is 3.72. The van der Waals surface area contributed by atoms with Gasteiger partial charge in [-0.15, -0.1) is 0 Å². The molecule has 0 saturated carbocycles. The highest BCUT2D eigenvalue weighted by atomic mass is 32.2. The number of hydrogen-bond acceptors (Lipinski definition) is 4. The number of nitrogens with one attached hydrogen (secondary N) is 2. The molecule has 0 unspecified atom stereocenters. The minimum absolute atomic E-state index is 0.0269. The number of carbonyl (C=O) groups excluding carboxylic acids is 1. The molecule has 2 N–H and O–H groups in total. The Labute approximate surface area is 166 Å². The predicted molar refractivity (Wildman–Crippen MR) is 110 cm³/mol. The lowest BCUT2D eigenvalue weighted by molar-refractivity contribution is -0.115. The van der Waals surface area contributed by atoms with E-state index >= 15 is 0 Å². The smallest absolute Gasteiger partial charge is 0.238 e. The van der Waals surface area contributed by atoms with Crippen molar-refractivity contribution in [3.8, 4) is 0 Å². The number of hydrogen-bond donors (Lipinski definition) is 2. The van der Waals surface area contributed by atoms with Crippen molar-refractivity contribution in [2.75, 3.05) is 18.1 Å². The van der Waals surface area contributed by atoms with Crippen LogP contribution in [0, 0.1) is 11.7 Å². The highest BCUT2D eigenvalue weighted by molar-refractivity contribution is 7.90. The van der Waals surface area contributed by atoms with Crippen molar-refractivity contribution < 1.29 is 17.6 Å². The van der Waals surface area contributed by atoms with Crippen molar-refractivity contribution in [2.45, 2.75) is 38.1 Å². The number of carbonyl (C=O) groups is 1. The lowest BCUT2D eigenvalue weighted by Crippen LogP contribution is -2.33. The molecule has 28 heavy (non-hydrogen) atoms. The van der Waals surface area contributed by atoms with Crippen LogP contribution in [-0.4, -0.2) is 27.1 Å². The maximum atomic E-state index is 14.0. The molecule has 0 spiro atoms. The molecule has 2 aromatic rings. The Kier molecular flexibility index (Phi) is 7.32. The van der Waals surface area contributed by atoms with Gasteiger partial charge in [-0.2, -0.15) is 0 Å². The summed E-state index contributed by atoms with van der Waals surface area (Å²) < 4.78 is 37.2. The highest BCUT2D eigenvalue weighted by Gasteiger charge is 2.18. The molecule has 0 aliphatic carbocycles. The Balaban J connectivity index is 2.07. The van der Waals surface area contributed by atoms with E-state index in [0.29, 0.717) is 0 Å². The molecule has 0 fully saturated rings. The van der Waals surface area contributed by atoms with Crippen LogP contribution in [0.15, 0.2) is 47.4 Å². The van der Waals surface area contributed by atoms with Gasteiger partial charge in [0.15, 0.2) is 9.84 Å². The molecule has 0 aliphatic rings. The topological polar surface area (TPSA) is 75.3 Å². The second-order valence-corrected chi connectivity index (χ2v) is 9.18. The van der Waals surface area contributed by atoms with Crippen molar-refractivity contribution in [3.05, 3.63) is 59.4 Å². The zero-order valence-corrected chi connectivity index (χ0v) is 17.4. The van der Waals surface area contributed by atoms with E-state index in [9.17, 15) is 17.6 Å². The van der Waals surface area contributed by atoms with Gasteiger partial charge in [0, 0.05) is 12.3 Å². The zero-order chi connectivity index (χ0) is 20.9. The van der Waals surface area contributed by atoms with E-state index in [0.717, 1.165) is 30.4 Å². The minimum atomic E-state index is -3.49. The van der Waals surface area contributed by atoms with E-state index in [4.69, 9.17) is 0 Å². The van der Waals surface area contributed by atoms with Crippen LogP contribution in [0.3, 0.4) is 0 Å². The molecule has 0 bridgehead atoms. The molecule has 0 aromatic heterocycles. The summed E-state index contributed by atoms with van der Waals surface area (Å²) in [4.78, 5) is 12.2. The summed E-state index contributed by atoms with van der Waals surface area (Å²) in [5, 5.41) is 5.65. The molecule has 2 rings (SSSR count).